The molecule has 2 aromatic carbocycles. The van der Waals surface area contributed by atoms with E-state index in [4.69, 9.17) is 0 Å². The zero-order valence-electron chi connectivity index (χ0n) is 18.8. The second kappa shape index (κ2) is 10.6. The van der Waals surface area contributed by atoms with Gasteiger partial charge in [-0.2, -0.15) is 0 Å². The molecule has 2 fully saturated rings. The summed E-state index contributed by atoms with van der Waals surface area (Å²) in [5, 5.41) is 0. The van der Waals surface area contributed by atoms with E-state index in [1.807, 2.05) is 12.2 Å². The Morgan fingerprint density at radius 2 is 1.29 bits per heavy atom. The molecule has 2 aliphatic rings. The lowest BCUT2D eigenvalue weighted by Gasteiger charge is -2.38. The number of benzene rings is 2. The summed E-state index contributed by atoms with van der Waals surface area (Å²) in [5.74, 6) is 2.03. The van der Waals surface area contributed by atoms with Crippen LogP contribution in [0.5, 0.6) is 0 Å². The Morgan fingerprint density at radius 1 is 0.710 bits per heavy atom. The lowest BCUT2D eigenvalue weighted by atomic mass is 9.68. The summed E-state index contributed by atoms with van der Waals surface area (Å²) < 4.78 is 26.4. The molecule has 0 amide bonds. The zero-order valence-corrected chi connectivity index (χ0v) is 18.8. The van der Waals surface area contributed by atoms with Crippen LogP contribution in [0.25, 0.3) is 12.2 Å². The van der Waals surface area contributed by atoms with Gasteiger partial charge < -0.3 is 0 Å². The van der Waals surface area contributed by atoms with Crippen molar-refractivity contribution in [1.29, 1.82) is 0 Å². The Labute approximate surface area is 186 Å². The first kappa shape index (κ1) is 22.2. The topological polar surface area (TPSA) is 0 Å². The minimum atomic E-state index is -0.805. The summed E-state index contributed by atoms with van der Waals surface area (Å²) in [6, 6.07) is 12.8. The molecule has 0 bridgehead atoms. The Kier molecular flexibility index (Phi) is 7.58. The van der Waals surface area contributed by atoms with Crippen LogP contribution < -0.4 is 0 Å². The fourth-order valence-corrected chi connectivity index (χ4v) is 5.97. The van der Waals surface area contributed by atoms with E-state index >= 15 is 0 Å². The van der Waals surface area contributed by atoms with Crippen molar-refractivity contribution in [3.05, 3.63) is 70.8 Å². The van der Waals surface area contributed by atoms with Gasteiger partial charge in [-0.3, -0.25) is 0 Å². The molecule has 0 heterocycles. The Bertz CT molecular complexity index is 851. The summed E-state index contributed by atoms with van der Waals surface area (Å²) >= 11 is 0. The molecule has 166 valence electrons. The minimum Gasteiger partial charge on any atom is -0.204 e. The van der Waals surface area contributed by atoms with Crippen LogP contribution in [-0.4, -0.2) is 0 Å². The molecule has 2 aromatic rings. The van der Waals surface area contributed by atoms with Crippen LogP contribution in [0.4, 0.5) is 8.78 Å². The predicted octanol–water partition coefficient (Wildman–Crippen LogP) is 9.02. The van der Waals surface area contributed by atoms with Crippen LogP contribution in [0, 0.1) is 29.4 Å². The van der Waals surface area contributed by atoms with E-state index in [-0.39, 0.29) is 0 Å². The van der Waals surface area contributed by atoms with Gasteiger partial charge in [0.2, 0.25) is 0 Å². The minimum absolute atomic E-state index is 0.671. The highest BCUT2D eigenvalue weighted by molar-refractivity contribution is 5.69. The van der Waals surface area contributed by atoms with Crippen molar-refractivity contribution in [2.75, 3.05) is 0 Å². The largest absolute Gasteiger partial charge is 0.204 e. The van der Waals surface area contributed by atoms with Gasteiger partial charge in [-0.1, -0.05) is 75.1 Å². The van der Waals surface area contributed by atoms with Crippen LogP contribution in [0.1, 0.15) is 93.7 Å². The maximum absolute atomic E-state index is 13.3. The molecule has 2 aliphatic carbocycles. The molecule has 31 heavy (non-hydrogen) atoms. The molecule has 0 aliphatic heterocycles. The van der Waals surface area contributed by atoms with E-state index in [1.165, 1.54) is 81.9 Å². The fraction of sp³-hybridized carbons (Fsp3) is 0.517. The van der Waals surface area contributed by atoms with E-state index < -0.39 is 11.6 Å². The third-order valence-corrected chi connectivity index (χ3v) is 7.85. The molecule has 2 heteroatoms. The SMILES string of the molecule is CCCC1CCC(C2CCC(c3ccc(C=Cc4ccc(F)c(F)c4)cc3)CC2)CC1. The van der Waals surface area contributed by atoms with Crippen molar-refractivity contribution in [3.63, 3.8) is 0 Å². The Balaban J connectivity index is 1.27. The van der Waals surface area contributed by atoms with E-state index in [1.54, 1.807) is 6.07 Å². The van der Waals surface area contributed by atoms with Crippen LogP contribution in [0.3, 0.4) is 0 Å². The van der Waals surface area contributed by atoms with E-state index in [0.29, 0.717) is 11.5 Å². The van der Waals surface area contributed by atoms with Gasteiger partial charge in [-0.25, -0.2) is 8.78 Å². The van der Waals surface area contributed by atoms with Crippen molar-refractivity contribution >= 4 is 12.2 Å². The van der Waals surface area contributed by atoms with E-state index in [2.05, 4.69) is 31.2 Å². The van der Waals surface area contributed by atoms with Crippen molar-refractivity contribution in [2.24, 2.45) is 17.8 Å². The second-order valence-corrected chi connectivity index (χ2v) is 9.85. The van der Waals surface area contributed by atoms with Crippen LogP contribution >= 0.6 is 0 Å². The monoisotopic (exact) mass is 422 g/mol. The molecule has 0 unspecified atom stereocenters. The van der Waals surface area contributed by atoms with Gasteiger partial charge in [0.25, 0.3) is 0 Å². The van der Waals surface area contributed by atoms with Crippen molar-refractivity contribution in [2.45, 2.75) is 77.0 Å². The number of rotatable bonds is 6. The molecule has 0 radical (unpaired) electrons. The van der Waals surface area contributed by atoms with Gasteiger partial charge in [0.1, 0.15) is 0 Å². The first-order chi connectivity index (χ1) is 15.1. The molecule has 2 saturated carbocycles. The molecular weight excluding hydrogens is 386 g/mol. The second-order valence-electron chi connectivity index (χ2n) is 9.85. The van der Waals surface area contributed by atoms with E-state index in [0.717, 1.165) is 23.3 Å². The Hall–Kier alpha value is -1.96. The zero-order chi connectivity index (χ0) is 21.6. The maximum Gasteiger partial charge on any atom is 0.159 e. The number of hydrogen-bond acceptors (Lipinski definition) is 0. The molecule has 0 nitrogen and oxygen atoms in total. The molecule has 0 saturated heterocycles. The summed E-state index contributed by atoms with van der Waals surface area (Å²) in [5.41, 5.74) is 3.21. The molecule has 0 aromatic heterocycles. The highest BCUT2D eigenvalue weighted by Gasteiger charge is 2.31. The summed E-state index contributed by atoms with van der Waals surface area (Å²) in [4.78, 5) is 0. The summed E-state index contributed by atoms with van der Waals surface area (Å²) in [7, 11) is 0. The van der Waals surface area contributed by atoms with Crippen LogP contribution in [0.15, 0.2) is 42.5 Å². The van der Waals surface area contributed by atoms with Gasteiger partial charge in [0.05, 0.1) is 0 Å². The van der Waals surface area contributed by atoms with Crippen LogP contribution in [0.2, 0.25) is 0 Å². The smallest absolute Gasteiger partial charge is 0.159 e. The average molecular weight is 423 g/mol. The quantitative estimate of drug-likeness (QED) is 0.407. The normalized spacial score (nSPS) is 26.9. The van der Waals surface area contributed by atoms with Gasteiger partial charge in [-0.15, -0.1) is 0 Å². The summed E-state index contributed by atoms with van der Waals surface area (Å²) in [6.07, 6.45) is 17.9. The van der Waals surface area contributed by atoms with E-state index in [9.17, 15) is 8.78 Å². The average Bonchev–Trinajstić information content (AvgIpc) is 2.81. The maximum atomic E-state index is 13.3. The standard InChI is InChI=1S/C29H36F2/c1-2-3-21-6-11-24(12-7-21)26-15-17-27(18-16-26)25-13-8-22(9-14-25)4-5-23-10-19-28(30)29(31)20-23/h4-5,8-10,13-14,19-21,24,26-27H,2-3,6-7,11-12,15-18H2,1H3. The molecule has 0 N–H and O–H groups in total. The fourth-order valence-electron chi connectivity index (χ4n) is 5.97. The van der Waals surface area contributed by atoms with Crippen LogP contribution in [-0.2, 0) is 0 Å². The highest BCUT2D eigenvalue weighted by Crippen LogP contribution is 2.44. The first-order valence-electron chi connectivity index (χ1n) is 12.4. The highest BCUT2D eigenvalue weighted by atomic mass is 19.2. The third kappa shape index (κ3) is 5.84. The molecule has 0 atom stereocenters. The van der Waals surface area contributed by atoms with Crippen molar-refractivity contribution in [3.8, 4) is 0 Å². The van der Waals surface area contributed by atoms with Crippen molar-refractivity contribution < 1.29 is 8.78 Å². The molecule has 0 spiro atoms. The number of halogens is 2. The van der Waals surface area contributed by atoms with Gasteiger partial charge in [0.15, 0.2) is 11.6 Å². The number of hydrogen-bond donors (Lipinski definition) is 0. The summed E-state index contributed by atoms with van der Waals surface area (Å²) in [6.45, 7) is 2.32. The van der Waals surface area contributed by atoms with Crippen molar-refractivity contribution in [1.82, 2.24) is 0 Å². The van der Waals surface area contributed by atoms with Gasteiger partial charge in [-0.05, 0) is 91.0 Å². The van der Waals surface area contributed by atoms with Gasteiger partial charge >= 0.3 is 0 Å². The first-order valence-corrected chi connectivity index (χ1v) is 12.4. The lowest BCUT2D eigenvalue weighted by molar-refractivity contribution is 0.156. The Morgan fingerprint density at radius 3 is 1.90 bits per heavy atom. The van der Waals surface area contributed by atoms with Gasteiger partial charge in [0, 0.05) is 0 Å². The molecular formula is C29H36F2. The third-order valence-electron chi connectivity index (χ3n) is 7.85. The lowest BCUT2D eigenvalue weighted by Crippen LogP contribution is -2.25. The molecule has 4 rings (SSSR count). The predicted molar refractivity (Wildman–Crippen MR) is 127 cm³/mol.